The second-order valence-electron chi connectivity index (χ2n) is 3.72. The van der Waals surface area contributed by atoms with E-state index in [2.05, 4.69) is 0 Å². The van der Waals surface area contributed by atoms with Crippen LogP contribution in [0.2, 0.25) is 0 Å². The van der Waals surface area contributed by atoms with E-state index in [4.69, 9.17) is 9.47 Å². The summed E-state index contributed by atoms with van der Waals surface area (Å²) < 4.78 is 36.4. The quantitative estimate of drug-likeness (QED) is 0.735. The van der Waals surface area contributed by atoms with E-state index in [0.717, 1.165) is 18.2 Å². The van der Waals surface area contributed by atoms with Gasteiger partial charge in [0.1, 0.15) is 5.82 Å². The molecule has 0 aliphatic rings. The number of hydrogen-bond donors (Lipinski definition) is 0. The van der Waals surface area contributed by atoms with Crippen molar-refractivity contribution in [2.45, 2.75) is 32.8 Å². The van der Waals surface area contributed by atoms with Crippen LogP contribution in [-0.4, -0.2) is 18.7 Å². The molecule has 0 aliphatic heterocycles. The molecular formula is C13H16F2O3. The first-order chi connectivity index (χ1) is 8.58. The number of benzene rings is 1. The predicted octanol–water partition coefficient (Wildman–Crippen LogP) is 3.08. The van der Waals surface area contributed by atoms with Gasteiger partial charge in [0.25, 0.3) is 0 Å². The lowest BCUT2D eigenvalue weighted by molar-refractivity contribution is -0.151. The Kier molecular flexibility index (Phi) is 5.55. The molecule has 0 aromatic heterocycles. The third-order valence-electron chi connectivity index (χ3n) is 2.26. The number of halogens is 2. The molecule has 1 rings (SSSR count). The van der Waals surface area contributed by atoms with E-state index in [9.17, 15) is 13.6 Å². The van der Waals surface area contributed by atoms with Crippen molar-refractivity contribution >= 4 is 5.97 Å². The highest BCUT2D eigenvalue weighted by atomic mass is 19.1. The zero-order valence-electron chi connectivity index (χ0n) is 10.4. The summed E-state index contributed by atoms with van der Waals surface area (Å²) in [4.78, 5) is 11.6. The van der Waals surface area contributed by atoms with Gasteiger partial charge in [-0.2, -0.15) is 0 Å². The van der Waals surface area contributed by atoms with Gasteiger partial charge < -0.3 is 9.47 Å². The molecule has 18 heavy (non-hydrogen) atoms. The second kappa shape index (κ2) is 6.93. The van der Waals surface area contributed by atoms with Crippen LogP contribution >= 0.6 is 0 Å². The van der Waals surface area contributed by atoms with E-state index < -0.39 is 23.7 Å². The fourth-order valence-corrected chi connectivity index (χ4v) is 1.44. The van der Waals surface area contributed by atoms with Gasteiger partial charge in [-0.1, -0.05) is 13.3 Å². The standard InChI is InChI=1S/C13H16F2O3/c1-3-5-11(13(16)17-4-2)18-12-8-9(14)6-7-10(12)15/h6-8,11H,3-5H2,1-2H3. The number of rotatable bonds is 6. The lowest BCUT2D eigenvalue weighted by Gasteiger charge is -2.17. The third kappa shape index (κ3) is 3.98. The molecule has 0 heterocycles. The van der Waals surface area contributed by atoms with Gasteiger partial charge in [0, 0.05) is 6.07 Å². The summed E-state index contributed by atoms with van der Waals surface area (Å²) in [6, 6.07) is 2.86. The van der Waals surface area contributed by atoms with Gasteiger partial charge in [-0.25, -0.2) is 13.6 Å². The van der Waals surface area contributed by atoms with Crippen LogP contribution in [0.1, 0.15) is 26.7 Å². The van der Waals surface area contributed by atoms with Crippen molar-refractivity contribution in [2.24, 2.45) is 0 Å². The molecule has 0 radical (unpaired) electrons. The zero-order valence-corrected chi connectivity index (χ0v) is 10.4. The van der Waals surface area contributed by atoms with Crippen LogP contribution < -0.4 is 4.74 Å². The maximum absolute atomic E-state index is 13.4. The summed E-state index contributed by atoms with van der Waals surface area (Å²) in [7, 11) is 0. The van der Waals surface area contributed by atoms with Gasteiger partial charge >= 0.3 is 5.97 Å². The number of hydrogen-bond acceptors (Lipinski definition) is 3. The molecule has 0 saturated carbocycles. The largest absolute Gasteiger partial charge is 0.476 e. The topological polar surface area (TPSA) is 35.5 Å². The fourth-order valence-electron chi connectivity index (χ4n) is 1.44. The molecule has 100 valence electrons. The maximum Gasteiger partial charge on any atom is 0.347 e. The SMILES string of the molecule is CCCC(Oc1cc(F)ccc1F)C(=O)OCC. The third-order valence-corrected chi connectivity index (χ3v) is 2.26. The number of ether oxygens (including phenoxy) is 2. The summed E-state index contributed by atoms with van der Waals surface area (Å²) in [5.74, 6) is -2.17. The average Bonchev–Trinajstić information content (AvgIpc) is 2.33. The highest BCUT2D eigenvalue weighted by Crippen LogP contribution is 2.21. The summed E-state index contributed by atoms with van der Waals surface area (Å²) in [5, 5.41) is 0. The van der Waals surface area contributed by atoms with Crippen molar-refractivity contribution in [3.05, 3.63) is 29.8 Å². The number of esters is 1. The summed E-state index contributed by atoms with van der Waals surface area (Å²) in [5.41, 5.74) is 0. The van der Waals surface area contributed by atoms with Gasteiger partial charge in [-0.15, -0.1) is 0 Å². The van der Waals surface area contributed by atoms with Crippen LogP contribution in [-0.2, 0) is 9.53 Å². The van der Waals surface area contributed by atoms with Crippen LogP contribution in [0.5, 0.6) is 5.75 Å². The molecule has 1 atom stereocenters. The molecule has 0 N–H and O–H groups in total. The van der Waals surface area contributed by atoms with E-state index in [1.807, 2.05) is 6.92 Å². The predicted molar refractivity (Wildman–Crippen MR) is 62.3 cm³/mol. The fraction of sp³-hybridized carbons (Fsp3) is 0.462. The molecule has 0 saturated heterocycles. The van der Waals surface area contributed by atoms with Crippen LogP contribution in [0, 0.1) is 11.6 Å². The lowest BCUT2D eigenvalue weighted by Crippen LogP contribution is -2.29. The molecule has 0 amide bonds. The minimum atomic E-state index is -0.911. The van der Waals surface area contributed by atoms with Crippen molar-refractivity contribution in [2.75, 3.05) is 6.61 Å². The van der Waals surface area contributed by atoms with Crippen molar-refractivity contribution in [1.82, 2.24) is 0 Å². The molecule has 5 heteroatoms. The van der Waals surface area contributed by atoms with Gasteiger partial charge in [-0.05, 0) is 25.5 Å². The van der Waals surface area contributed by atoms with E-state index in [0.29, 0.717) is 12.8 Å². The molecule has 1 aromatic rings. The Bertz CT molecular complexity index is 407. The average molecular weight is 258 g/mol. The Morgan fingerprint density at radius 2 is 2.06 bits per heavy atom. The van der Waals surface area contributed by atoms with Crippen LogP contribution in [0.3, 0.4) is 0 Å². The normalized spacial score (nSPS) is 12.0. The molecular weight excluding hydrogens is 242 g/mol. The summed E-state index contributed by atoms with van der Waals surface area (Å²) in [6.45, 7) is 3.75. The minimum Gasteiger partial charge on any atom is -0.476 e. The van der Waals surface area contributed by atoms with Crippen molar-refractivity contribution in [1.29, 1.82) is 0 Å². The van der Waals surface area contributed by atoms with Crippen LogP contribution in [0.4, 0.5) is 8.78 Å². The van der Waals surface area contributed by atoms with Gasteiger partial charge in [0.05, 0.1) is 6.61 Å². The Balaban J connectivity index is 2.82. The zero-order chi connectivity index (χ0) is 13.5. The van der Waals surface area contributed by atoms with Crippen molar-refractivity contribution in [3.63, 3.8) is 0 Å². The Labute approximate surface area is 105 Å². The van der Waals surface area contributed by atoms with Crippen molar-refractivity contribution < 1.29 is 23.0 Å². The maximum atomic E-state index is 13.4. The van der Waals surface area contributed by atoms with Crippen LogP contribution in [0.25, 0.3) is 0 Å². The van der Waals surface area contributed by atoms with Crippen LogP contribution in [0.15, 0.2) is 18.2 Å². The van der Waals surface area contributed by atoms with Gasteiger partial charge in [-0.3, -0.25) is 0 Å². The lowest BCUT2D eigenvalue weighted by atomic mass is 10.2. The van der Waals surface area contributed by atoms with Gasteiger partial charge in [0.15, 0.2) is 17.7 Å². The highest BCUT2D eigenvalue weighted by molar-refractivity contribution is 5.75. The molecule has 1 aromatic carbocycles. The Morgan fingerprint density at radius 3 is 2.67 bits per heavy atom. The van der Waals surface area contributed by atoms with E-state index >= 15 is 0 Å². The second-order valence-corrected chi connectivity index (χ2v) is 3.72. The van der Waals surface area contributed by atoms with E-state index in [1.54, 1.807) is 6.92 Å². The van der Waals surface area contributed by atoms with Crippen molar-refractivity contribution in [3.8, 4) is 5.75 Å². The first-order valence-electron chi connectivity index (χ1n) is 5.86. The molecule has 0 aliphatic carbocycles. The molecule has 0 fully saturated rings. The summed E-state index contributed by atoms with van der Waals surface area (Å²) in [6.07, 6.45) is 0.140. The number of carbonyl (C=O) groups excluding carboxylic acids is 1. The minimum absolute atomic E-state index is 0.216. The number of carbonyl (C=O) groups is 1. The highest BCUT2D eigenvalue weighted by Gasteiger charge is 2.22. The Morgan fingerprint density at radius 1 is 1.33 bits per heavy atom. The summed E-state index contributed by atoms with van der Waals surface area (Å²) >= 11 is 0. The molecule has 3 nitrogen and oxygen atoms in total. The first kappa shape index (κ1) is 14.4. The van der Waals surface area contributed by atoms with E-state index in [1.165, 1.54) is 0 Å². The van der Waals surface area contributed by atoms with E-state index in [-0.39, 0.29) is 12.4 Å². The molecule has 1 unspecified atom stereocenters. The van der Waals surface area contributed by atoms with Gasteiger partial charge in [0.2, 0.25) is 0 Å². The smallest absolute Gasteiger partial charge is 0.347 e. The monoisotopic (exact) mass is 258 g/mol. The first-order valence-corrected chi connectivity index (χ1v) is 5.86. The molecule has 0 bridgehead atoms. The Hall–Kier alpha value is -1.65. The molecule has 0 spiro atoms.